The summed E-state index contributed by atoms with van der Waals surface area (Å²) in [6.07, 6.45) is 0. The minimum atomic E-state index is -1.07. The smallest absolute Gasteiger partial charge is 0.336 e. The average Bonchev–Trinajstić information content (AvgIpc) is 2.33. The molecular weight excluding hydrogens is 287 g/mol. The number of carboxylic acids is 1. The van der Waals surface area contributed by atoms with Crippen LogP contribution in [0.25, 0.3) is 11.1 Å². The summed E-state index contributed by atoms with van der Waals surface area (Å²) in [6, 6.07) is 11.1. The van der Waals surface area contributed by atoms with Crippen LogP contribution in [0, 0.1) is 5.82 Å². The first-order valence-electron chi connectivity index (χ1n) is 4.88. The molecule has 0 aliphatic heterocycles. The molecule has 2 rings (SSSR count). The van der Waals surface area contributed by atoms with Gasteiger partial charge in [0, 0.05) is 5.56 Å². The Morgan fingerprint density at radius 3 is 2.41 bits per heavy atom. The van der Waals surface area contributed by atoms with Crippen LogP contribution in [0.1, 0.15) is 10.4 Å². The van der Waals surface area contributed by atoms with E-state index in [-0.39, 0.29) is 11.1 Å². The molecule has 86 valence electrons. The Morgan fingerprint density at radius 2 is 1.71 bits per heavy atom. The molecule has 0 heterocycles. The first-order chi connectivity index (χ1) is 8.11. The number of hydrogen-bond donors (Lipinski definition) is 1. The Balaban J connectivity index is 2.69. The SMILES string of the molecule is O=C(O)c1ccccc1-c1cccc(Br)c1F. The molecule has 0 aromatic heterocycles. The fourth-order valence-corrected chi connectivity index (χ4v) is 1.98. The van der Waals surface area contributed by atoms with E-state index >= 15 is 0 Å². The molecule has 17 heavy (non-hydrogen) atoms. The molecule has 0 unspecified atom stereocenters. The summed E-state index contributed by atoms with van der Waals surface area (Å²) < 4.78 is 14.2. The molecule has 0 spiro atoms. The fraction of sp³-hybridized carbons (Fsp3) is 0. The van der Waals surface area contributed by atoms with Crippen LogP contribution in [-0.4, -0.2) is 11.1 Å². The summed E-state index contributed by atoms with van der Waals surface area (Å²) in [5.41, 5.74) is 0.737. The fourth-order valence-electron chi connectivity index (χ4n) is 1.62. The second kappa shape index (κ2) is 4.67. The van der Waals surface area contributed by atoms with Crippen LogP contribution in [-0.2, 0) is 0 Å². The molecule has 0 radical (unpaired) electrons. The Hall–Kier alpha value is -1.68. The van der Waals surface area contributed by atoms with E-state index < -0.39 is 11.8 Å². The molecule has 0 atom stereocenters. The molecule has 0 saturated heterocycles. The molecule has 2 nitrogen and oxygen atoms in total. The van der Waals surface area contributed by atoms with Gasteiger partial charge in [-0.05, 0) is 33.6 Å². The van der Waals surface area contributed by atoms with Crippen molar-refractivity contribution in [3.63, 3.8) is 0 Å². The van der Waals surface area contributed by atoms with Gasteiger partial charge in [-0.15, -0.1) is 0 Å². The van der Waals surface area contributed by atoms with Gasteiger partial charge in [0.15, 0.2) is 0 Å². The summed E-state index contributed by atoms with van der Waals surface area (Å²) in [5.74, 6) is -1.53. The molecule has 4 heteroatoms. The standard InChI is InChI=1S/C13H8BrFO2/c14-11-7-3-6-9(12(11)15)8-4-1-2-5-10(8)13(16)17/h1-7H,(H,16,17). The topological polar surface area (TPSA) is 37.3 Å². The monoisotopic (exact) mass is 294 g/mol. The lowest BCUT2D eigenvalue weighted by Gasteiger charge is -2.08. The molecule has 0 saturated carbocycles. The molecule has 2 aromatic carbocycles. The minimum Gasteiger partial charge on any atom is -0.478 e. The third-order valence-corrected chi connectivity index (χ3v) is 3.01. The highest BCUT2D eigenvalue weighted by Crippen LogP contribution is 2.30. The van der Waals surface area contributed by atoms with E-state index in [4.69, 9.17) is 5.11 Å². The average molecular weight is 295 g/mol. The minimum absolute atomic E-state index is 0.0875. The second-order valence-electron chi connectivity index (χ2n) is 3.45. The van der Waals surface area contributed by atoms with Crippen molar-refractivity contribution in [2.24, 2.45) is 0 Å². The van der Waals surface area contributed by atoms with Gasteiger partial charge in [-0.2, -0.15) is 0 Å². The van der Waals surface area contributed by atoms with Crippen LogP contribution in [0.5, 0.6) is 0 Å². The highest BCUT2D eigenvalue weighted by atomic mass is 79.9. The Bertz CT molecular complexity index is 581. The zero-order valence-electron chi connectivity index (χ0n) is 8.65. The Labute approximate surface area is 106 Å². The maximum atomic E-state index is 13.9. The van der Waals surface area contributed by atoms with Crippen LogP contribution in [0.2, 0.25) is 0 Å². The van der Waals surface area contributed by atoms with Crippen LogP contribution < -0.4 is 0 Å². The summed E-state index contributed by atoms with van der Waals surface area (Å²) >= 11 is 3.08. The molecular formula is C13H8BrFO2. The third kappa shape index (κ3) is 2.22. The van der Waals surface area contributed by atoms with Crippen LogP contribution in [0.3, 0.4) is 0 Å². The van der Waals surface area contributed by atoms with Gasteiger partial charge < -0.3 is 5.11 Å². The van der Waals surface area contributed by atoms with Crippen molar-refractivity contribution in [3.05, 3.63) is 58.3 Å². The molecule has 0 aliphatic carbocycles. The van der Waals surface area contributed by atoms with Gasteiger partial charge in [0.05, 0.1) is 10.0 Å². The lowest BCUT2D eigenvalue weighted by molar-refractivity contribution is 0.0697. The summed E-state index contributed by atoms with van der Waals surface area (Å²) in [6.45, 7) is 0. The van der Waals surface area contributed by atoms with Crippen LogP contribution >= 0.6 is 15.9 Å². The van der Waals surface area contributed by atoms with E-state index in [1.165, 1.54) is 6.07 Å². The van der Waals surface area contributed by atoms with Gasteiger partial charge >= 0.3 is 5.97 Å². The van der Waals surface area contributed by atoms with Gasteiger partial charge in [-0.25, -0.2) is 9.18 Å². The van der Waals surface area contributed by atoms with E-state index in [0.29, 0.717) is 10.0 Å². The Kier molecular flexibility index (Phi) is 3.24. The van der Waals surface area contributed by atoms with Crippen LogP contribution in [0.15, 0.2) is 46.9 Å². The maximum absolute atomic E-state index is 13.9. The first kappa shape index (κ1) is 11.8. The molecule has 0 bridgehead atoms. The zero-order chi connectivity index (χ0) is 12.4. The number of hydrogen-bond acceptors (Lipinski definition) is 1. The molecule has 1 N–H and O–H groups in total. The predicted molar refractivity (Wildman–Crippen MR) is 66.5 cm³/mol. The lowest BCUT2D eigenvalue weighted by Crippen LogP contribution is -2.00. The van der Waals surface area contributed by atoms with Gasteiger partial charge in [-0.3, -0.25) is 0 Å². The number of rotatable bonds is 2. The first-order valence-corrected chi connectivity index (χ1v) is 5.67. The summed E-state index contributed by atoms with van der Waals surface area (Å²) in [5, 5.41) is 9.05. The van der Waals surface area contributed by atoms with Crippen molar-refractivity contribution >= 4 is 21.9 Å². The van der Waals surface area contributed by atoms with Crippen molar-refractivity contribution in [1.82, 2.24) is 0 Å². The number of benzene rings is 2. The number of aromatic carboxylic acids is 1. The number of carboxylic acid groups (broad SMARTS) is 1. The van der Waals surface area contributed by atoms with Crippen molar-refractivity contribution < 1.29 is 14.3 Å². The second-order valence-corrected chi connectivity index (χ2v) is 4.31. The third-order valence-electron chi connectivity index (χ3n) is 2.40. The predicted octanol–water partition coefficient (Wildman–Crippen LogP) is 3.95. The lowest BCUT2D eigenvalue weighted by atomic mass is 9.99. The summed E-state index contributed by atoms with van der Waals surface area (Å²) in [4.78, 5) is 11.1. The highest BCUT2D eigenvalue weighted by molar-refractivity contribution is 9.10. The zero-order valence-corrected chi connectivity index (χ0v) is 10.2. The number of halogens is 2. The van der Waals surface area contributed by atoms with Crippen molar-refractivity contribution in [2.45, 2.75) is 0 Å². The normalized spacial score (nSPS) is 10.2. The number of carbonyl (C=O) groups is 1. The molecule has 0 aliphatic rings. The van der Waals surface area contributed by atoms with Crippen LogP contribution in [0.4, 0.5) is 4.39 Å². The van der Waals surface area contributed by atoms with Gasteiger partial charge in [-0.1, -0.05) is 30.3 Å². The van der Waals surface area contributed by atoms with E-state index in [9.17, 15) is 9.18 Å². The van der Waals surface area contributed by atoms with Crippen molar-refractivity contribution in [1.29, 1.82) is 0 Å². The molecule has 0 amide bonds. The van der Waals surface area contributed by atoms with E-state index in [0.717, 1.165) is 0 Å². The van der Waals surface area contributed by atoms with Gasteiger partial charge in [0.1, 0.15) is 5.82 Å². The van der Waals surface area contributed by atoms with Crippen molar-refractivity contribution in [2.75, 3.05) is 0 Å². The van der Waals surface area contributed by atoms with Crippen molar-refractivity contribution in [3.8, 4) is 11.1 Å². The van der Waals surface area contributed by atoms with Gasteiger partial charge in [0.25, 0.3) is 0 Å². The van der Waals surface area contributed by atoms with E-state index in [1.807, 2.05) is 0 Å². The Morgan fingerprint density at radius 1 is 1.06 bits per heavy atom. The largest absolute Gasteiger partial charge is 0.478 e. The molecule has 2 aromatic rings. The summed E-state index contributed by atoms with van der Waals surface area (Å²) in [7, 11) is 0. The van der Waals surface area contributed by atoms with E-state index in [1.54, 1.807) is 36.4 Å². The maximum Gasteiger partial charge on any atom is 0.336 e. The molecule has 0 fully saturated rings. The van der Waals surface area contributed by atoms with E-state index in [2.05, 4.69) is 15.9 Å². The highest BCUT2D eigenvalue weighted by Gasteiger charge is 2.15. The van der Waals surface area contributed by atoms with Gasteiger partial charge in [0.2, 0.25) is 0 Å². The quantitative estimate of drug-likeness (QED) is 0.910.